The summed E-state index contributed by atoms with van der Waals surface area (Å²) in [5.74, 6) is -0.393. The number of rotatable bonds is 5. The van der Waals surface area contributed by atoms with Gasteiger partial charge in [0.25, 0.3) is 5.56 Å². The van der Waals surface area contributed by atoms with E-state index in [-0.39, 0.29) is 18.6 Å². The van der Waals surface area contributed by atoms with Gasteiger partial charge in [0.1, 0.15) is 5.82 Å². The number of pyridine rings is 1. The number of aromatic amines is 1. The average molecular weight is 333 g/mol. The summed E-state index contributed by atoms with van der Waals surface area (Å²) in [5, 5.41) is 15.0. The fraction of sp³-hybridized carbons (Fsp3) is 0.294. The summed E-state index contributed by atoms with van der Waals surface area (Å²) in [7, 11) is 0. The van der Waals surface area contributed by atoms with E-state index in [0.717, 1.165) is 11.3 Å². The Morgan fingerprint density at radius 3 is 2.54 bits per heavy atom. The first-order chi connectivity index (χ1) is 11.4. The van der Waals surface area contributed by atoms with E-state index in [4.69, 9.17) is 0 Å². The Balaban J connectivity index is 1.86. The van der Waals surface area contributed by atoms with Crippen LogP contribution in [0.25, 0.3) is 0 Å². The SMILES string of the molecule is Cc1cc(C)c(CNC(=O)NC[C@@H](O)c2ccc(F)cc2)c(=O)[nH]1. The molecule has 6 nitrogen and oxygen atoms in total. The van der Waals surface area contributed by atoms with Crippen LogP contribution in [0.5, 0.6) is 0 Å². The molecule has 1 aromatic heterocycles. The Morgan fingerprint density at radius 2 is 1.92 bits per heavy atom. The standard InChI is InChI=1S/C17H20FN3O3/c1-10-7-11(2)21-16(23)14(10)8-19-17(24)20-9-15(22)12-3-5-13(18)6-4-12/h3-7,15,22H,8-9H2,1-2H3,(H,21,23)(H2,19,20,24)/t15-/m1/s1. The monoisotopic (exact) mass is 333 g/mol. The molecule has 7 heteroatoms. The Morgan fingerprint density at radius 1 is 1.25 bits per heavy atom. The highest BCUT2D eigenvalue weighted by atomic mass is 19.1. The second kappa shape index (κ2) is 7.74. The Hall–Kier alpha value is -2.67. The molecule has 0 saturated heterocycles. The minimum atomic E-state index is -0.944. The minimum absolute atomic E-state index is 0.0271. The maximum Gasteiger partial charge on any atom is 0.315 e. The van der Waals surface area contributed by atoms with Crippen LogP contribution in [0.3, 0.4) is 0 Å². The van der Waals surface area contributed by atoms with Crippen LogP contribution >= 0.6 is 0 Å². The van der Waals surface area contributed by atoms with E-state index >= 15 is 0 Å². The molecule has 2 amide bonds. The van der Waals surface area contributed by atoms with Crippen molar-refractivity contribution in [1.82, 2.24) is 15.6 Å². The zero-order valence-corrected chi connectivity index (χ0v) is 13.5. The molecule has 1 aromatic carbocycles. The third-order valence-electron chi connectivity index (χ3n) is 3.63. The molecule has 128 valence electrons. The number of urea groups is 1. The molecule has 1 atom stereocenters. The van der Waals surface area contributed by atoms with Crippen molar-refractivity contribution in [3.8, 4) is 0 Å². The summed E-state index contributed by atoms with van der Waals surface area (Å²) in [6.07, 6.45) is -0.944. The molecule has 2 rings (SSSR count). The number of aromatic nitrogens is 1. The van der Waals surface area contributed by atoms with Crippen LogP contribution in [0.4, 0.5) is 9.18 Å². The van der Waals surface area contributed by atoms with Crippen LogP contribution in [0, 0.1) is 19.7 Å². The lowest BCUT2D eigenvalue weighted by atomic mass is 10.1. The quantitative estimate of drug-likeness (QED) is 0.670. The second-order valence-electron chi connectivity index (χ2n) is 5.57. The number of aliphatic hydroxyl groups excluding tert-OH is 1. The van der Waals surface area contributed by atoms with E-state index < -0.39 is 18.0 Å². The van der Waals surface area contributed by atoms with E-state index in [1.165, 1.54) is 24.3 Å². The number of aryl methyl sites for hydroxylation is 2. The lowest BCUT2D eigenvalue weighted by Crippen LogP contribution is -2.38. The van der Waals surface area contributed by atoms with Crippen LogP contribution in [0.2, 0.25) is 0 Å². The molecule has 0 fully saturated rings. The fourth-order valence-corrected chi connectivity index (χ4v) is 2.32. The lowest BCUT2D eigenvalue weighted by molar-refractivity contribution is 0.173. The van der Waals surface area contributed by atoms with Gasteiger partial charge in [0.05, 0.1) is 12.6 Å². The van der Waals surface area contributed by atoms with Crippen molar-refractivity contribution < 1.29 is 14.3 Å². The van der Waals surface area contributed by atoms with E-state index in [0.29, 0.717) is 11.1 Å². The highest BCUT2D eigenvalue weighted by Gasteiger charge is 2.11. The first-order valence-corrected chi connectivity index (χ1v) is 7.51. The van der Waals surface area contributed by atoms with E-state index in [1.807, 2.05) is 6.07 Å². The average Bonchev–Trinajstić information content (AvgIpc) is 2.52. The largest absolute Gasteiger partial charge is 0.387 e. The molecular weight excluding hydrogens is 313 g/mol. The molecular formula is C17H20FN3O3. The Labute approximate surface area is 138 Å². The van der Waals surface area contributed by atoms with Crippen molar-refractivity contribution >= 4 is 6.03 Å². The molecule has 0 spiro atoms. The molecule has 24 heavy (non-hydrogen) atoms. The van der Waals surface area contributed by atoms with Crippen molar-refractivity contribution in [3.63, 3.8) is 0 Å². The van der Waals surface area contributed by atoms with Crippen LogP contribution in [0.1, 0.15) is 28.5 Å². The summed E-state index contributed by atoms with van der Waals surface area (Å²) in [4.78, 5) is 26.3. The molecule has 0 bridgehead atoms. The highest BCUT2D eigenvalue weighted by Crippen LogP contribution is 2.12. The third kappa shape index (κ3) is 4.66. The van der Waals surface area contributed by atoms with Gasteiger partial charge >= 0.3 is 6.03 Å². The normalized spacial score (nSPS) is 11.8. The molecule has 0 saturated carbocycles. The Bertz CT molecular complexity index is 772. The van der Waals surface area contributed by atoms with Crippen molar-refractivity contribution in [1.29, 1.82) is 0 Å². The fourth-order valence-electron chi connectivity index (χ4n) is 2.32. The van der Waals surface area contributed by atoms with E-state index in [1.54, 1.807) is 13.8 Å². The van der Waals surface area contributed by atoms with Crippen LogP contribution < -0.4 is 16.2 Å². The summed E-state index contributed by atoms with van der Waals surface area (Å²) >= 11 is 0. The zero-order valence-electron chi connectivity index (χ0n) is 13.5. The molecule has 4 N–H and O–H groups in total. The van der Waals surface area contributed by atoms with Crippen LogP contribution in [-0.2, 0) is 6.54 Å². The number of amides is 2. The van der Waals surface area contributed by atoms with Crippen molar-refractivity contribution in [2.75, 3.05) is 6.54 Å². The van der Waals surface area contributed by atoms with Gasteiger partial charge in [-0.25, -0.2) is 9.18 Å². The van der Waals surface area contributed by atoms with Crippen molar-refractivity contribution in [2.24, 2.45) is 0 Å². The van der Waals surface area contributed by atoms with Gasteiger partial charge in [0, 0.05) is 17.8 Å². The molecule has 0 radical (unpaired) electrons. The van der Waals surface area contributed by atoms with Crippen molar-refractivity contribution in [2.45, 2.75) is 26.5 Å². The summed E-state index contributed by atoms with van der Waals surface area (Å²) in [6, 6.07) is 6.71. The number of carbonyl (C=O) groups is 1. The number of benzene rings is 1. The van der Waals surface area contributed by atoms with Gasteiger partial charge < -0.3 is 20.7 Å². The van der Waals surface area contributed by atoms with Gasteiger partial charge in [-0.05, 0) is 43.2 Å². The van der Waals surface area contributed by atoms with Crippen LogP contribution in [-0.4, -0.2) is 22.7 Å². The number of aliphatic hydroxyl groups is 1. The third-order valence-corrected chi connectivity index (χ3v) is 3.63. The first kappa shape index (κ1) is 17.7. The molecule has 0 unspecified atom stereocenters. The highest BCUT2D eigenvalue weighted by molar-refractivity contribution is 5.73. The van der Waals surface area contributed by atoms with Gasteiger partial charge in [-0.15, -0.1) is 0 Å². The molecule has 1 heterocycles. The molecule has 0 aliphatic rings. The second-order valence-corrected chi connectivity index (χ2v) is 5.57. The number of hydrogen-bond acceptors (Lipinski definition) is 3. The smallest absolute Gasteiger partial charge is 0.315 e. The van der Waals surface area contributed by atoms with E-state index in [2.05, 4.69) is 15.6 Å². The minimum Gasteiger partial charge on any atom is -0.387 e. The topological polar surface area (TPSA) is 94.2 Å². The maximum atomic E-state index is 12.8. The summed E-state index contributed by atoms with van der Waals surface area (Å²) < 4.78 is 12.8. The molecule has 2 aromatic rings. The number of H-pyrrole nitrogens is 1. The summed E-state index contributed by atoms with van der Waals surface area (Å²) in [6.45, 7) is 3.64. The van der Waals surface area contributed by atoms with E-state index in [9.17, 15) is 19.1 Å². The number of nitrogens with one attached hydrogen (secondary N) is 3. The maximum absolute atomic E-state index is 12.8. The predicted molar refractivity (Wildman–Crippen MR) is 88.1 cm³/mol. The van der Waals surface area contributed by atoms with Gasteiger partial charge in [0.2, 0.25) is 0 Å². The molecule has 0 aliphatic heterocycles. The predicted octanol–water partition coefficient (Wildman–Crippen LogP) is 1.66. The number of halogens is 1. The van der Waals surface area contributed by atoms with Gasteiger partial charge in [-0.1, -0.05) is 12.1 Å². The Kier molecular flexibility index (Phi) is 5.70. The lowest BCUT2D eigenvalue weighted by Gasteiger charge is -2.13. The first-order valence-electron chi connectivity index (χ1n) is 7.51. The van der Waals surface area contributed by atoms with Gasteiger partial charge in [-0.2, -0.15) is 0 Å². The number of carbonyl (C=O) groups excluding carboxylic acids is 1. The van der Waals surface area contributed by atoms with Gasteiger partial charge in [0.15, 0.2) is 0 Å². The van der Waals surface area contributed by atoms with Gasteiger partial charge in [-0.3, -0.25) is 4.79 Å². The number of hydrogen-bond donors (Lipinski definition) is 4. The van der Waals surface area contributed by atoms with Crippen LogP contribution in [0.15, 0.2) is 35.1 Å². The van der Waals surface area contributed by atoms with Crippen molar-refractivity contribution in [3.05, 3.63) is 68.9 Å². The zero-order chi connectivity index (χ0) is 17.7. The summed E-state index contributed by atoms with van der Waals surface area (Å²) in [5.41, 5.74) is 2.30. The molecule has 0 aliphatic carbocycles.